The zero-order chi connectivity index (χ0) is 14.5. The summed E-state index contributed by atoms with van der Waals surface area (Å²) in [4.78, 5) is 0. The van der Waals surface area contributed by atoms with Crippen LogP contribution in [0.2, 0.25) is 0 Å². The average molecular weight is 333 g/mol. The number of methoxy groups -OCH3 is 1. The van der Waals surface area contributed by atoms with Gasteiger partial charge in [-0.05, 0) is 33.3 Å². The minimum absolute atomic E-state index is 0.234. The van der Waals surface area contributed by atoms with Crippen LogP contribution in [0.1, 0.15) is 32.8 Å². The molecule has 0 spiro atoms. The van der Waals surface area contributed by atoms with Crippen LogP contribution in [0.3, 0.4) is 0 Å². The lowest BCUT2D eigenvalue weighted by Crippen LogP contribution is -2.32. The highest BCUT2D eigenvalue weighted by Crippen LogP contribution is 2.30. The smallest absolute Gasteiger partial charge is 0.129 e. The minimum atomic E-state index is -0.671. The lowest BCUT2D eigenvalue weighted by atomic mass is 9.97. The van der Waals surface area contributed by atoms with Crippen molar-refractivity contribution in [2.75, 3.05) is 19.0 Å². The van der Waals surface area contributed by atoms with Crippen LogP contribution in [-0.2, 0) is 15.1 Å². The Labute approximate surface area is 123 Å². The molecule has 0 aliphatic rings. The van der Waals surface area contributed by atoms with Crippen LogP contribution in [0.25, 0.3) is 0 Å². The number of alkyl halides is 1. The molecule has 0 aliphatic heterocycles. The van der Waals surface area contributed by atoms with Crippen molar-refractivity contribution < 1.29 is 13.9 Å². The molecule has 1 rings (SSSR count). The number of ether oxygens (including phenoxy) is 2. The van der Waals surface area contributed by atoms with Gasteiger partial charge in [-0.2, -0.15) is 0 Å². The van der Waals surface area contributed by atoms with Crippen LogP contribution in [0.5, 0.6) is 0 Å². The Bertz CT molecular complexity index is 409. The molecule has 0 amide bonds. The molecule has 1 unspecified atom stereocenters. The minimum Gasteiger partial charge on any atom is -0.379 e. The van der Waals surface area contributed by atoms with Gasteiger partial charge in [-0.15, -0.1) is 0 Å². The van der Waals surface area contributed by atoms with E-state index >= 15 is 0 Å². The summed E-state index contributed by atoms with van der Waals surface area (Å²) in [5.41, 5.74) is -0.334. The van der Waals surface area contributed by atoms with Crippen molar-refractivity contribution in [3.8, 4) is 0 Å². The van der Waals surface area contributed by atoms with Gasteiger partial charge in [0.25, 0.3) is 0 Å². The largest absolute Gasteiger partial charge is 0.379 e. The molecule has 0 heterocycles. The first-order valence-electron chi connectivity index (χ1n) is 6.35. The molecule has 1 aromatic carbocycles. The van der Waals surface area contributed by atoms with Gasteiger partial charge < -0.3 is 9.47 Å². The second-order valence-electron chi connectivity index (χ2n) is 5.41. The van der Waals surface area contributed by atoms with E-state index in [-0.39, 0.29) is 11.4 Å². The van der Waals surface area contributed by atoms with Crippen molar-refractivity contribution in [2.45, 2.75) is 38.4 Å². The fraction of sp³-hybridized carbons (Fsp3) is 0.600. The van der Waals surface area contributed by atoms with E-state index < -0.39 is 5.60 Å². The summed E-state index contributed by atoms with van der Waals surface area (Å²) in [5, 5.41) is 0.536. The molecule has 0 N–H and O–H groups in total. The zero-order valence-electron chi connectivity index (χ0n) is 12.0. The van der Waals surface area contributed by atoms with Gasteiger partial charge in [0.2, 0.25) is 0 Å². The lowest BCUT2D eigenvalue weighted by Gasteiger charge is -2.31. The number of hydrogen-bond acceptors (Lipinski definition) is 2. The Balaban J connectivity index is 2.74. The monoisotopic (exact) mass is 332 g/mol. The Morgan fingerprint density at radius 3 is 2.37 bits per heavy atom. The third kappa shape index (κ3) is 4.55. The molecule has 108 valence electrons. The fourth-order valence-corrected chi connectivity index (χ4v) is 2.17. The molecule has 0 aliphatic carbocycles. The van der Waals surface area contributed by atoms with E-state index in [1.54, 1.807) is 19.2 Å². The molecule has 19 heavy (non-hydrogen) atoms. The second kappa shape index (κ2) is 6.82. The predicted molar refractivity (Wildman–Crippen MR) is 79.2 cm³/mol. The highest BCUT2D eigenvalue weighted by atomic mass is 79.9. The van der Waals surface area contributed by atoms with E-state index in [0.29, 0.717) is 17.5 Å². The highest BCUT2D eigenvalue weighted by Gasteiger charge is 2.30. The van der Waals surface area contributed by atoms with E-state index in [2.05, 4.69) is 15.9 Å². The number of benzene rings is 1. The number of rotatable bonds is 7. The van der Waals surface area contributed by atoms with E-state index in [0.717, 1.165) is 6.42 Å². The number of halogens is 2. The van der Waals surface area contributed by atoms with E-state index in [4.69, 9.17) is 9.47 Å². The second-order valence-corrected chi connectivity index (χ2v) is 5.97. The summed E-state index contributed by atoms with van der Waals surface area (Å²) >= 11 is 3.42. The van der Waals surface area contributed by atoms with E-state index in [1.807, 2.05) is 26.8 Å². The van der Waals surface area contributed by atoms with Crippen LogP contribution < -0.4 is 0 Å². The molecule has 1 atom stereocenters. The van der Waals surface area contributed by atoms with Gasteiger partial charge in [-0.1, -0.05) is 34.1 Å². The van der Waals surface area contributed by atoms with Crippen LogP contribution in [0.4, 0.5) is 4.39 Å². The SMILES string of the molecule is COC(C)(C)CCOC(C)(CBr)c1ccccc1F. The molecular formula is C15H22BrFO2. The van der Waals surface area contributed by atoms with Gasteiger partial charge in [0.15, 0.2) is 0 Å². The first-order valence-corrected chi connectivity index (χ1v) is 7.47. The molecule has 0 fully saturated rings. The fourth-order valence-electron chi connectivity index (χ4n) is 1.70. The van der Waals surface area contributed by atoms with Gasteiger partial charge >= 0.3 is 0 Å². The summed E-state index contributed by atoms with van der Waals surface area (Å²) in [6, 6.07) is 6.72. The summed E-state index contributed by atoms with van der Waals surface area (Å²) < 4.78 is 25.1. The molecule has 2 nitrogen and oxygen atoms in total. The van der Waals surface area contributed by atoms with Crippen molar-refractivity contribution in [1.82, 2.24) is 0 Å². The third-order valence-corrected chi connectivity index (χ3v) is 4.45. The van der Waals surface area contributed by atoms with Gasteiger partial charge in [0, 0.05) is 18.0 Å². The molecule has 4 heteroatoms. The van der Waals surface area contributed by atoms with Crippen molar-refractivity contribution in [1.29, 1.82) is 0 Å². The molecular weight excluding hydrogens is 311 g/mol. The standard InChI is InChI=1S/C15H22BrFO2/c1-14(2,18-4)9-10-19-15(3,11-16)12-7-5-6-8-13(12)17/h5-8H,9-11H2,1-4H3. The Kier molecular flexibility index (Phi) is 5.96. The Hall–Kier alpha value is -0.450. The normalized spacial score (nSPS) is 15.3. The summed E-state index contributed by atoms with van der Waals surface area (Å²) in [6.07, 6.45) is 0.751. The third-order valence-electron chi connectivity index (χ3n) is 3.38. The maximum Gasteiger partial charge on any atom is 0.129 e. The van der Waals surface area contributed by atoms with Crippen molar-refractivity contribution in [2.24, 2.45) is 0 Å². The first-order chi connectivity index (χ1) is 8.84. The summed E-state index contributed by atoms with van der Waals surface area (Å²) in [5.74, 6) is -0.240. The van der Waals surface area contributed by atoms with Crippen molar-refractivity contribution in [3.05, 3.63) is 35.6 Å². The lowest BCUT2D eigenvalue weighted by molar-refractivity contribution is -0.0593. The molecule has 0 bridgehead atoms. The summed E-state index contributed by atoms with van der Waals surface area (Å²) in [7, 11) is 1.68. The molecule has 0 saturated carbocycles. The van der Waals surface area contributed by atoms with Gasteiger partial charge in [-0.3, -0.25) is 0 Å². The van der Waals surface area contributed by atoms with E-state index in [9.17, 15) is 4.39 Å². The highest BCUT2D eigenvalue weighted by molar-refractivity contribution is 9.09. The van der Waals surface area contributed by atoms with Gasteiger partial charge in [0.05, 0.1) is 12.2 Å². The van der Waals surface area contributed by atoms with Crippen LogP contribution in [-0.4, -0.2) is 24.6 Å². The van der Waals surface area contributed by atoms with Crippen molar-refractivity contribution in [3.63, 3.8) is 0 Å². The van der Waals surface area contributed by atoms with Gasteiger partial charge in [-0.25, -0.2) is 4.39 Å². The maximum absolute atomic E-state index is 13.9. The maximum atomic E-state index is 13.9. The topological polar surface area (TPSA) is 18.5 Å². The Morgan fingerprint density at radius 2 is 1.84 bits per heavy atom. The Morgan fingerprint density at radius 1 is 1.21 bits per heavy atom. The predicted octanol–water partition coefficient (Wildman–Crippen LogP) is 4.27. The molecule has 0 aromatic heterocycles. The molecule has 0 radical (unpaired) electrons. The first kappa shape index (κ1) is 16.6. The van der Waals surface area contributed by atoms with Crippen LogP contribution >= 0.6 is 15.9 Å². The van der Waals surface area contributed by atoms with Crippen LogP contribution in [0, 0.1) is 5.82 Å². The average Bonchev–Trinajstić information content (AvgIpc) is 2.39. The quantitative estimate of drug-likeness (QED) is 0.694. The number of hydrogen-bond donors (Lipinski definition) is 0. The van der Waals surface area contributed by atoms with Crippen LogP contribution in [0.15, 0.2) is 24.3 Å². The van der Waals surface area contributed by atoms with Gasteiger partial charge in [0.1, 0.15) is 11.4 Å². The van der Waals surface area contributed by atoms with Crippen molar-refractivity contribution >= 4 is 15.9 Å². The molecule has 1 aromatic rings. The summed E-state index contributed by atoms with van der Waals surface area (Å²) in [6.45, 7) is 6.41. The van der Waals surface area contributed by atoms with E-state index in [1.165, 1.54) is 6.07 Å². The zero-order valence-corrected chi connectivity index (χ0v) is 13.6. The molecule has 0 saturated heterocycles.